The van der Waals surface area contributed by atoms with Crippen molar-refractivity contribution in [3.63, 3.8) is 0 Å². The maximum Gasteiger partial charge on any atom is 0.0762 e. The lowest BCUT2D eigenvalue weighted by molar-refractivity contribution is 1.01. The molecule has 0 unspecified atom stereocenters. The van der Waals surface area contributed by atoms with Gasteiger partial charge in [-0.3, -0.25) is 10.2 Å². The number of nitrogens with zero attached hydrogens (tertiary/aromatic N) is 4. The fourth-order valence-corrected chi connectivity index (χ4v) is 2.90. The van der Waals surface area contributed by atoms with Crippen LogP contribution in [0.4, 0.5) is 0 Å². The van der Waals surface area contributed by atoms with Gasteiger partial charge in [-0.25, -0.2) is 0 Å². The van der Waals surface area contributed by atoms with Crippen molar-refractivity contribution in [2.45, 2.75) is 12.8 Å². The molecule has 138 valence electrons. The van der Waals surface area contributed by atoms with Gasteiger partial charge < -0.3 is 0 Å². The quantitative estimate of drug-likeness (QED) is 0.384. The van der Waals surface area contributed by atoms with Crippen LogP contribution in [0, 0.1) is 0 Å². The van der Waals surface area contributed by atoms with Crippen LogP contribution >= 0.6 is 0 Å². The van der Waals surface area contributed by atoms with E-state index in [1.54, 1.807) is 12.4 Å². The molecule has 0 aliphatic heterocycles. The topological polar surface area (TPSA) is 82.1 Å². The molecule has 2 heterocycles. The van der Waals surface area contributed by atoms with Gasteiger partial charge in [0.1, 0.15) is 0 Å². The number of hydrogen-bond donors (Lipinski definition) is 2. The van der Waals surface area contributed by atoms with Crippen molar-refractivity contribution in [2.24, 2.45) is 10.2 Å². The first kappa shape index (κ1) is 17.6. The van der Waals surface area contributed by atoms with E-state index in [1.807, 2.05) is 72.8 Å². The van der Waals surface area contributed by atoms with Crippen molar-refractivity contribution < 1.29 is 0 Å². The maximum absolute atomic E-state index is 4.65. The first-order chi connectivity index (χ1) is 13.9. The van der Waals surface area contributed by atoms with Crippen LogP contribution in [0.1, 0.15) is 22.5 Å². The van der Waals surface area contributed by atoms with Gasteiger partial charge in [0.05, 0.1) is 11.4 Å². The Morgan fingerprint density at radius 3 is 1.39 bits per heavy atom. The molecule has 0 aliphatic carbocycles. The van der Waals surface area contributed by atoms with E-state index in [1.165, 1.54) is 0 Å². The lowest BCUT2D eigenvalue weighted by Gasteiger charge is -2.06. The zero-order chi connectivity index (χ0) is 19.0. The molecule has 0 aliphatic rings. The van der Waals surface area contributed by atoms with E-state index in [-0.39, 0.29) is 0 Å². The lowest BCUT2D eigenvalue weighted by atomic mass is 10.1. The number of rotatable bonds is 7. The Hall–Kier alpha value is -3.80. The van der Waals surface area contributed by atoms with E-state index in [0.717, 1.165) is 33.9 Å². The number of hydrogen-bond acceptors (Lipinski definition) is 4. The van der Waals surface area contributed by atoms with Crippen LogP contribution in [-0.2, 0) is 12.8 Å². The number of H-pyrrole nitrogens is 2. The van der Waals surface area contributed by atoms with Gasteiger partial charge >= 0.3 is 0 Å². The first-order valence-electron chi connectivity index (χ1n) is 9.09. The van der Waals surface area contributed by atoms with E-state index >= 15 is 0 Å². The molecule has 28 heavy (non-hydrogen) atoms. The van der Waals surface area contributed by atoms with Crippen LogP contribution in [0.15, 0.2) is 95.4 Å². The largest absolute Gasteiger partial charge is 0.282 e. The van der Waals surface area contributed by atoms with Crippen LogP contribution in [0.2, 0.25) is 0 Å². The molecule has 2 N–H and O–H groups in total. The van der Waals surface area contributed by atoms with Crippen LogP contribution in [0.5, 0.6) is 0 Å². The number of aromatic amines is 2. The molecule has 0 atom stereocenters. The summed E-state index contributed by atoms with van der Waals surface area (Å²) in [6.45, 7) is 0. The van der Waals surface area contributed by atoms with Gasteiger partial charge in [-0.15, -0.1) is 0 Å². The summed E-state index contributed by atoms with van der Waals surface area (Å²) in [5, 5.41) is 23.4. The lowest BCUT2D eigenvalue weighted by Crippen LogP contribution is -2.08. The molecule has 0 amide bonds. The molecule has 2 aromatic heterocycles. The highest BCUT2D eigenvalue weighted by Gasteiger charge is 2.09. The highest BCUT2D eigenvalue weighted by molar-refractivity contribution is 6.04. The second-order valence-electron chi connectivity index (χ2n) is 6.34. The average Bonchev–Trinajstić information content (AvgIpc) is 3.45. The molecule has 0 spiro atoms. The highest BCUT2D eigenvalue weighted by Crippen LogP contribution is 2.11. The molecule has 4 aromatic rings. The van der Waals surface area contributed by atoms with E-state index in [4.69, 9.17) is 0 Å². The van der Waals surface area contributed by atoms with Gasteiger partial charge in [-0.05, 0) is 23.3 Å². The Balaban J connectivity index is 1.71. The minimum absolute atomic E-state index is 0.625. The third-order valence-corrected chi connectivity index (χ3v) is 4.34. The zero-order valence-electron chi connectivity index (χ0n) is 15.3. The molecule has 6 heteroatoms. The molecular formula is C22H20N6. The predicted octanol–water partition coefficient (Wildman–Crippen LogP) is 3.81. The summed E-state index contributed by atoms with van der Waals surface area (Å²) in [4.78, 5) is 0. The molecule has 0 fully saturated rings. The second-order valence-corrected chi connectivity index (χ2v) is 6.34. The van der Waals surface area contributed by atoms with E-state index in [2.05, 4.69) is 30.6 Å². The third kappa shape index (κ3) is 4.48. The number of nitrogens with one attached hydrogen (secondary N) is 2. The molecule has 2 aromatic carbocycles. The van der Waals surface area contributed by atoms with Crippen molar-refractivity contribution in [3.05, 3.63) is 108 Å². The van der Waals surface area contributed by atoms with Crippen molar-refractivity contribution in [2.75, 3.05) is 0 Å². The fourth-order valence-electron chi connectivity index (χ4n) is 2.90. The first-order valence-corrected chi connectivity index (χ1v) is 9.09. The minimum Gasteiger partial charge on any atom is -0.282 e. The van der Waals surface area contributed by atoms with Crippen molar-refractivity contribution >= 4 is 11.4 Å². The third-order valence-electron chi connectivity index (χ3n) is 4.34. The van der Waals surface area contributed by atoms with Crippen LogP contribution in [0.25, 0.3) is 0 Å². The van der Waals surface area contributed by atoms with Crippen LogP contribution in [0.3, 0.4) is 0 Å². The van der Waals surface area contributed by atoms with E-state index in [0.29, 0.717) is 12.8 Å². The average molecular weight is 368 g/mol. The Morgan fingerprint density at radius 1 is 0.607 bits per heavy atom. The molecular weight excluding hydrogens is 348 g/mol. The summed E-state index contributed by atoms with van der Waals surface area (Å²) in [5.74, 6) is 0. The molecule has 0 bridgehead atoms. The number of aromatic nitrogens is 4. The van der Waals surface area contributed by atoms with Crippen molar-refractivity contribution in [1.29, 1.82) is 0 Å². The van der Waals surface area contributed by atoms with Crippen molar-refractivity contribution in [1.82, 2.24) is 20.4 Å². The maximum atomic E-state index is 4.65. The Kier molecular flexibility index (Phi) is 5.49. The molecule has 0 saturated carbocycles. The summed E-state index contributed by atoms with van der Waals surface area (Å²) >= 11 is 0. The zero-order valence-corrected chi connectivity index (χ0v) is 15.3. The standard InChI is InChI=1S/C22H20N6/c1-3-7-17(8-4-1)21(15-19-11-13-23-25-19)27-28-22(16-20-12-14-24-26-20)18-9-5-2-6-10-18/h1-14H,15-16H2,(H,23,25)(H,24,26)/b27-21-,28-22+. The summed E-state index contributed by atoms with van der Waals surface area (Å²) in [7, 11) is 0. The normalized spacial score (nSPS) is 12.3. The Labute approximate surface area is 163 Å². The summed E-state index contributed by atoms with van der Waals surface area (Å²) in [6, 6.07) is 24.1. The monoisotopic (exact) mass is 368 g/mol. The van der Waals surface area contributed by atoms with E-state index < -0.39 is 0 Å². The van der Waals surface area contributed by atoms with Gasteiger partial charge in [-0.2, -0.15) is 20.4 Å². The molecule has 4 rings (SSSR count). The van der Waals surface area contributed by atoms with Gasteiger partial charge in [-0.1, -0.05) is 60.7 Å². The Bertz CT molecular complexity index is 945. The SMILES string of the molecule is c1ccc(/C(Cc2ccn[nH]2)=N\N=C(/Cc2ccn[nH]2)c2ccccc2)cc1. The summed E-state index contributed by atoms with van der Waals surface area (Å²) in [6.07, 6.45) is 4.74. The second kappa shape index (κ2) is 8.73. The minimum atomic E-state index is 0.625. The predicted molar refractivity (Wildman–Crippen MR) is 111 cm³/mol. The highest BCUT2D eigenvalue weighted by atomic mass is 15.2. The van der Waals surface area contributed by atoms with Gasteiger partial charge in [0.25, 0.3) is 0 Å². The van der Waals surface area contributed by atoms with Gasteiger partial charge in [0, 0.05) is 36.6 Å². The van der Waals surface area contributed by atoms with Gasteiger partial charge in [0.15, 0.2) is 0 Å². The summed E-state index contributed by atoms with van der Waals surface area (Å²) < 4.78 is 0. The van der Waals surface area contributed by atoms with Gasteiger partial charge in [0.2, 0.25) is 0 Å². The molecule has 0 radical (unpaired) electrons. The van der Waals surface area contributed by atoms with Crippen molar-refractivity contribution in [3.8, 4) is 0 Å². The number of benzene rings is 2. The van der Waals surface area contributed by atoms with E-state index in [9.17, 15) is 0 Å². The van der Waals surface area contributed by atoms with Crippen LogP contribution in [-0.4, -0.2) is 31.8 Å². The fraction of sp³-hybridized carbons (Fsp3) is 0.0909. The Morgan fingerprint density at radius 2 is 1.04 bits per heavy atom. The van der Waals surface area contributed by atoms with Crippen LogP contribution < -0.4 is 0 Å². The summed E-state index contributed by atoms with van der Waals surface area (Å²) in [5.41, 5.74) is 5.82. The molecule has 0 saturated heterocycles. The molecule has 6 nitrogen and oxygen atoms in total. The smallest absolute Gasteiger partial charge is 0.0762 e.